The number of rotatable bonds is 1. The van der Waals surface area contributed by atoms with E-state index in [1.807, 2.05) is 18.2 Å². The van der Waals surface area contributed by atoms with Crippen LogP contribution in [0, 0.1) is 0 Å². The van der Waals surface area contributed by atoms with Crippen molar-refractivity contribution in [1.29, 1.82) is 0 Å². The first kappa shape index (κ1) is 11.8. The normalized spacial score (nSPS) is 25.3. The highest BCUT2D eigenvalue weighted by Crippen LogP contribution is 2.46. The van der Waals surface area contributed by atoms with Gasteiger partial charge in [-0.05, 0) is 37.8 Å². The lowest BCUT2D eigenvalue weighted by Crippen LogP contribution is -2.42. The molecule has 0 aromatic heterocycles. The Kier molecular flexibility index (Phi) is 2.94. The molecule has 1 aliphatic heterocycles. The van der Waals surface area contributed by atoms with Crippen LogP contribution in [0.25, 0.3) is 0 Å². The van der Waals surface area contributed by atoms with Gasteiger partial charge in [-0.2, -0.15) is 0 Å². The highest BCUT2D eigenvalue weighted by atomic mass is 16.5. The van der Waals surface area contributed by atoms with E-state index in [2.05, 4.69) is 0 Å². The zero-order valence-electron chi connectivity index (χ0n) is 10.8. The molecule has 2 aliphatic rings. The van der Waals surface area contributed by atoms with Crippen molar-refractivity contribution in [3.05, 3.63) is 23.8 Å². The van der Waals surface area contributed by atoms with Crippen molar-refractivity contribution < 1.29 is 14.6 Å². The molecule has 0 radical (unpaired) electrons. The van der Waals surface area contributed by atoms with Gasteiger partial charge < -0.3 is 14.6 Å². The van der Waals surface area contributed by atoms with E-state index in [0.717, 1.165) is 36.3 Å². The van der Waals surface area contributed by atoms with Gasteiger partial charge >= 0.3 is 0 Å². The van der Waals surface area contributed by atoms with Crippen LogP contribution in [0.15, 0.2) is 18.2 Å². The molecule has 98 valence electrons. The van der Waals surface area contributed by atoms with Crippen LogP contribution in [-0.2, 0) is 0 Å². The SMILES string of the molecule is COc1ccc2c(c1)OC1(CCCCC1)C[C@@H]2O. The quantitative estimate of drug-likeness (QED) is 0.829. The van der Waals surface area contributed by atoms with Crippen molar-refractivity contribution in [2.24, 2.45) is 0 Å². The van der Waals surface area contributed by atoms with Crippen molar-refractivity contribution in [1.82, 2.24) is 0 Å². The van der Waals surface area contributed by atoms with Gasteiger partial charge in [0.2, 0.25) is 0 Å². The van der Waals surface area contributed by atoms with Crippen LogP contribution in [0.5, 0.6) is 11.5 Å². The molecule has 3 rings (SSSR count). The third-order valence-corrected chi connectivity index (χ3v) is 4.24. The van der Waals surface area contributed by atoms with E-state index < -0.39 is 6.10 Å². The molecule has 1 fully saturated rings. The summed E-state index contributed by atoms with van der Waals surface area (Å²) in [6.07, 6.45) is 6.12. The predicted octanol–water partition coefficient (Wildman–Crippen LogP) is 3.21. The van der Waals surface area contributed by atoms with Crippen LogP contribution in [0.1, 0.15) is 50.2 Å². The molecule has 1 heterocycles. The van der Waals surface area contributed by atoms with E-state index in [9.17, 15) is 5.11 Å². The molecule has 0 bridgehead atoms. The molecule has 1 N–H and O–H groups in total. The monoisotopic (exact) mass is 248 g/mol. The zero-order chi connectivity index (χ0) is 12.6. The lowest BCUT2D eigenvalue weighted by atomic mass is 9.78. The maximum Gasteiger partial charge on any atom is 0.129 e. The highest BCUT2D eigenvalue weighted by Gasteiger charge is 2.41. The molecule has 1 atom stereocenters. The standard InChI is InChI=1S/C15H20O3/c1-17-11-5-6-12-13(16)10-15(18-14(12)9-11)7-3-2-4-8-15/h5-6,9,13,16H,2-4,7-8,10H2,1H3/t13-/m0/s1. The Labute approximate surface area is 108 Å². The van der Waals surface area contributed by atoms with E-state index >= 15 is 0 Å². The number of hydrogen-bond acceptors (Lipinski definition) is 3. The second-order valence-corrected chi connectivity index (χ2v) is 5.47. The number of aliphatic hydroxyl groups is 1. The second-order valence-electron chi connectivity index (χ2n) is 5.47. The Morgan fingerprint density at radius 2 is 2.06 bits per heavy atom. The molecule has 1 spiro atoms. The zero-order valence-corrected chi connectivity index (χ0v) is 10.8. The molecule has 3 heteroatoms. The minimum Gasteiger partial charge on any atom is -0.497 e. The van der Waals surface area contributed by atoms with Crippen LogP contribution in [-0.4, -0.2) is 17.8 Å². The van der Waals surface area contributed by atoms with Gasteiger partial charge in [-0.15, -0.1) is 0 Å². The van der Waals surface area contributed by atoms with E-state index in [-0.39, 0.29) is 5.60 Å². The first-order valence-electron chi connectivity index (χ1n) is 6.77. The second kappa shape index (κ2) is 4.47. The summed E-state index contributed by atoms with van der Waals surface area (Å²) in [5, 5.41) is 10.3. The number of hydrogen-bond donors (Lipinski definition) is 1. The Hall–Kier alpha value is -1.22. The molecule has 0 saturated heterocycles. The van der Waals surface area contributed by atoms with E-state index in [1.165, 1.54) is 19.3 Å². The largest absolute Gasteiger partial charge is 0.497 e. The lowest BCUT2D eigenvalue weighted by molar-refractivity contribution is -0.0382. The van der Waals surface area contributed by atoms with Crippen LogP contribution in [0.3, 0.4) is 0 Å². The van der Waals surface area contributed by atoms with Gasteiger partial charge in [-0.1, -0.05) is 6.42 Å². The maximum absolute atomic E-state index is 10.3. The molecular formula is C15H20O3. The van der Waals surface area contributed by atoms with Crippen molar-refractivity contribution in [3.63, 3.8) is 0 Å². The molecule has 1 saturated carbocycles. The summed E-state index contributed by atoms with van der Waals surface area (Å²) in [5.41, 5.74) is 0.754. The fourth-order valence-corrected chi connectivity index (χ4v) is 3.24. The number of methoxy groups -OCH3 is 1. The first-order chi connectivity index (χ1) is 8.72. The topological polar surface area (TPSA) is 38.7 Å². The predicted molar refractivity (Wildman–Crippen MR) is 69.0 cm³/mol. The van der Waals surface area contributed by atoms with Crippen molar-refractivity contribution >= 4 is 0 Å². The first-order valence-corrected chi connectivity index (χ1v) is 6.77. The number of ether oxygens (including phenoxy) is 2. The molecule has 0 amide bonds. The number of aliphatic hydroxyl groups excluding tert-OH is 1. The molecule has 18 heavy (non-hydrogen) atoms. The highest BCUT2D eigenvalue weighted by molar-refractivity contribution is 5.44. The third-order valence-electron chi connectivity index (χ3n) is 4.24. The van der Waals surface area contributed by atoms with Gasteiger partial charge in [0.1, 0.15) is 17.1 Å². The van der Waals surface area contributed by atoms with Crippen molar-refractivity contribution in [2.45, 2.75) is 50.2 Å². The Morgan fingerprint density at radius 3 is 2.78 bits per heavy atom. The number of fused-ring (bicyclic) bond motifs is 1. The van der Waals surface area contributed by atoms with Crippen LogP contribution < -0.4 is 9.47 Å². The fourth-order valence-electron chi connectivity index (χ4n) is 3.24. The van der Waals surface area contributed by atoms with Gasteiger partial charge in [0, 0.05) is 18.1 Å². The summed E-state index contributed by atoms with van der Waals surface area (Å²) < 4.78 is 11.5. The van der Waals surface area contributed by atoms with Gasteiger partial charge in [0.25, 0.3) is 0 Å². The average molecular weight is 248 g/mol. The van der Waals surface area contributed by atoms with Gasteiger partial charge in [0.05, 0.1) is 13.2 Å². The molecule has 1 aliphatic carbocycles. The Balaban J connectivity index is 1.94. The van der Waals surface area contributed by atoms with Crippen LogP contribution in [0.4, 0.5) is 0 Å². The van der Waals surface area contributed by atoms with E-state index in [0.29, 0.717) is 0 Å². The van der Waals surface area contributed by atoms with E-state index in [4.69, 9.17) is 9.47 Å². The van der Waals surface area contributed by atoms with Gasteiger partial charge in [-0.25, -0.2) is 0 Å². The Morgan fingerprint density at radius 1 is 1.28 bits per heavy atom. The Bertz CT molecular complexity index is 435. The minimum absolute atomic E-state index is 0.142. The molecular weight excluding hydrogens is 228 g/mol. The van der Waals surface area contributed by atoms with Crippen molar-refractivity contribution in [3.8, 4) is 11.5 Å². The fraction of sp³-hybridized carbons (Fsp3) is 0.600. The van der Waals surface area contributed by atoms with Crippen LogP contribution in [0.2, 0.25) is 0 Å². The maximum atomic E-state index is 10.3. The molecule has 1 aromatic carbocycles. The molecule has 3 nitrogen and oxygen atoms in total. The molecule has 0 unspecified atom stereocenters. The van der Waals surface area contributed by atoms with Crippen molar-refractivity contribution in [2.75, 3.05) is 7.11 Å². The van der Waals surface area contributed by atoms with Crippen LogP contribution >= 0.6 is 0 Å². The summed E-state index contributed by atoms with van der Waals surface area (Å²) >= 11 is 0. The van der Waals surface area contributed by atoms with Gasteiger partial charge in [0.15, 0.2) is 0 Å². The minimum atomic E-state index is -0.405. The summed E-state index contributed by atoms with van der Waals surface area (Å²) in [6, 6.07) is 5.69. The summed E-state index contributed by atoms with van der Waals surface area (Å²) in [5.74, 6) is 1.59. The number of benzene rings is 1. The summed E-state index contributed by atoms with van der Waals surface area (Å²) in [4.78, 5) is 0. The summed E-state index contributed by atoms with van der Waals surface area (Å²) in [6.45, 7) is 0. The summed E-state index contributed by atoms with van der Waals surface area (Å²) in [7, 11) is 1.65. The van der Waals surface area contributed by atoms with E-state index in [1.54, 1.807) is 7.11 Å². The van der Waals surface area contributed by atoms with Gasteiger partial charge in [-0.3, -0.25) is 0 Å². The smallest absolute Gasteiger partial charge is 0.129 e. The lowest BCUT2D eigenvalue weighted by Gasteiger charge is -2.43. The average Bonchev–Trinajstić information content (AvgIpc) is 2.38. The molecule has 1 aromatic rings. The third kappa shape index (κ3) is 1.97.